The first kappa shape index (κ1) is 24.7. The van der Waals surface area contributed by atoms with Gasteiger partial charge in [-0.1, -0.05) is 39.3 Å². The van der Waals surface area contributed by atoms with Crippen molar-refractivity contribution in [2.24, 2.45) is 5.92 Å². The Hall–Kier alpha value is -2.57. The molecule has 2 amide bonds. The molecule has 1 fully saturated rings. The average molecular weight is 433 g/mol. The molecule has 2 rings (SSSR count). The number of unbranched alkanes of at least 4 members (excludes halogenated alkanes) is 1. The summed E-state index contributed by atoms with van der Waals surface area (Å²) in [5.41, 5.74) is 0.869. The number of benzene rings is 1. The van der Waals surface area contributed by atoms with Gasteiger partial charge in [-0.05, 0) is 43.4 Å². The predicted octanol–water partition coefficient (Wildman–Crippen LogP) is 3.62. The molecular formula is C24H36N2O5. The van der Waals surface area contributed by atoms with Gasteiger partial charge in [0.1, 0.15) is 5.75 Å². The molecular weight excluding hydrogens is 396 g/mol. The molecule has 0 saturated carbocycles. The Labute approximate surface area is 185 Å². The van der Waals surface area contributed by atoms with Gasteiger partial charge in [0.15, 0.2) is 6.61 Å². The molecule has 1 N–H and O–H groups in total. The third-order valence-electron chi connectivity index (χ3n) is 5.92. The van der Waals surface area contributed by atoms with Crippen molar-refractivity contribution < 1.29 is 23.9 Å². The number of methoxy groups -OCH3 is 1. The van der Waals surface area contributed by atoms with Crippen LogP contribution in [0.4, 0.5) is 0 Å². The maximum atomic E-state index is 13.0. The van der Waals surface area contributed by atoms with E-state index in [2.05, 4.69) is 12.2 Å². The highest BCUT2D eigenvalue weighted by atomic mass is 16.5. The van der Waals surface area contributed by atoms with Crippen molar-refractivity contribution in [1.82, 2.24) is 10.2 Å². The van der Waals surface area contributed by atoms with Crippen molar-refractivity contribution in [3.8, 4) is 5.75 Å². The Morgan fingerprint density at radius 1 is 1.16 bits per heavy atom. The van der Waals surface area contributed by atoms with Crippen LogP contribution in [0, 0.1) is 5.92 Å². The van der Waals surface area contributed by atoms with Crippen LogP contribution in [-0.4, -0.2) is 49.0 Å². The summed E-state index contributed by atoms with van der Waals surface area (Å²) in [7, 11) is 1.60. The zero-order valence-electron chi connectivity index (χ0n) is 19.2. The van der Waals surface area contributed by atoms with Crippen LogP contribution in [0.1, 0.15) is 70.9 Å². The lowest BCUT2D eigenvalue weighted by Gasteiger charge is -2.40. The number of esters is 1. The summed E-state index contributed by atoms with van der Waals surface area (Å²) in [5.74, 6) is -0.482. The lowest BCUT2D eigenvalue weighted by atomic mass is 9.84. The number of hydrogen-bond acceptors (Lipinski definition) is 5. The normalized spacial score (nSPS) is 18.7. The van der Waals surface area contributed by atoms with Gasteiger partial charge < -0.3 is 19.7 Å². The van der Waals surface area contributed by atoms with Gasteiger partial charge in [0, 0.05) is 19.0 Å². The van der Waals surface area contributed by atoms with Crippen LogP contribution in [0.2, 0.25) is 0 Å². The Balaban J connectivity index is 2.18. The van der Waals surface area contributed by atoms with E-state index in [1.165, 1.54) is 0 Å². The molecule has 2 atom stereocenters. The van der Waals surface area contributed by atoms with E-state index in [9.17, 15) is 14.4 Å². The van der Waals surface area contributed by atoms with Crippen LogP contribution in [0.5, 0.6) is 5.75 Å². The summed E-state index contributed by atoms with van der Waals surface area (Å²) >= 11 is 0. The average Bonchev–Trinajstić information content (AvgIpc) is 2.80. The van der Waals surface area contributed by atoms with Crippen molar-refractivity contribution in [2.45, 2.75) is 71.4 Å². The quantitative estimate of drug-likeness (QED) is 0.540. The van der Waals surface area contributed by atoms with Crippen LogP contribution < -0.4 is 10.1 Å². The van der Waals surface area contributed by atoms with Gasteiger partial charge in [-0.3, -0.25) is 14.4 Å². The van der Waals surface area contributed by atoms with Crippen LogP contribution in [0.25, 0.3) is 0 Å². The number of amides is 2. The van der Waals surface area contributed by atoms with Gasteiger partial charge in [0.05, 0.1) is 19.1 Å². The Morgan fingerprint density at radius 2 is 1.84 bits per heavy atom. The van der Waals surface area contributed by atoms with Crippen LogP contribution >= 0.6 is 0 Å². The van der Waals surface area contributed by atoms with Crippen LogP contribution in [-0.2, 0) is 19.1 Å². The number of piperidine rings is 1. The lowest BCUT2D eigenvalue weighted by molar-refractivity contribution is -0.160. The summed E-state index contributed by atoms with van der Waals surface area (Å²) < 4.78 is 10.6. The van der Waals surface area contributed by atoms with E-state index in [1.807, 2.05) is 38.1 Å². The SMILES string of the molecule is CCCCN1C(=O)CC[C@@H](C(=O)OCC(=O)NC(CC)CC)[C@H]1c1ccc(OC)cc1. The fraction of sp³-hybridized carbons (Fsp3) is 0.625. The minimum absolute atomic E-state index is 0.0461. The highest BCUT2D eigenvalue weighted by molar-refractivity contribution is 5.84. The standard InChI is InChI=1S/C24H36N2O5/c1-5-8-15-26-22(28)14-13-20(23(26)17-9-11-19(30-4)12-10-17)24(29)31-16-21(27)25-18(6-2)7-3/h9-12,18,20,23H,5-8,13-16H2,1-4H3,(H,25,27)/t20-,23-/m1/s1. The number of nitrogens with one attached hydrogen (secondary N) is 1. The summed E-state index contributed by atoms with van der Waals surface area (Å²) in [6.07, 6.45) is 4.17. The molecule has 0 unspecified atom stereocenters. The fourth-order valence-electron chi connectivity index (χ4n) is 4.01. The van der Waals surface area contributed by atoms with Crippen LogP contribution in [0.3, 0.4) is 0 Å². The van der Waals surface area contributed by atoms with E-state index in [-0.39, 0.29) is 24.5 Å². The Bertz CT molecular complexity index is 730. The number of nitrogens with zero attached hydrogens (tertiary/aromatic N) is 1. The molecule has 1 aromatic carbocycles. The molecule has 1 aromatic rings. The molecule has 1 saturated heterocycles. The number of rotatable bonds is 11. The first-order valence-electron chi connectivity index (χ1n) is 11.3. The maximum Gasteiger partial charge on any atom is 0.311 e. The monoisotopic (exact) mass is 432 g/mol. The Morgan fingerprint density at radius 3 is 2.42 bits per heavy atom. The largest absolute Gasteiger partial charge is 0.497 e. The third-order valence-corrected chi connectivity index (χ3v) is 5.92. The highest BCUT2D eigenvalue weighted by Gasteiger charge is 2.41. The molecule has 0 radical (unpaired) electrons. The van der Waals surface area contributed by atoms with E-state index in [4.69, 9.17) is 9.47 Å². The third kappa shape index (κ3) is 6.71. The minimum Gasteiger partial charge on any atom is -0.497 e. The van der Waals surface area contributed by atoms with E-state index >= 15 is 0 Å². The fourth-order valence-corrected chi connectivity index (χ4v) is 4.01. The first-order chi connectivity index (χ1) is 14.9. The predicted molar refractivity (Wildman–Crippen MR) is 119 cm³/mol. The van der Waals surface area contributed by atoms with Crippen molar-refractivity contribution in [1.29, 1.82) is 0 Å². The molecule has 1 aliphatic heterocycles. The van der Waals surface area contributed by atoms with Gasteiger partial charge in [-0.2, -0.15) is 0 Å². The van der Waals surface area contributed by atoms with E-state index in [0.29, 0.717) is 25.1 Å². The Kier molecular flexibility index (Phi) is 9.82. The smallest absolute Gasteiger partial charge is 0.311 e. The zero-order chi connectivity index (χ0) is 22.8. The van der Waals surface area contributed by atoms with Crippen molar-refractivity contribution in [3.05, 3.63) is 29.8 Å². The second-order valence-corrected chi connectivity index (χ2v) is 7.99. The van der Waals surface area contributed by atoms with E-state index in [1.54, 1.807) is 12.0 Å². The molecule has 1 aliphatic rings. The van der Waals surface area contributed by atoms with Gasteiger partial charge in [-0.15, -0.1) is 0 Å². The lowest BCUT2D eigenvalue weighted by Crippen LogP contribution is -2.46. The molecule has 7 heteroatoms. The van der Waals surface area contributed by atoms with Gasteiger partial charge >= 0.3 is 5.97 Å². The maximum absolute atomic E-state index is 13.0. The number of carbonyl (C=O) groups is 3. The van der Waals surface area contributed by atoms with E-state index < -0.39 is 17.9 Å². The van der Waals surface area contributed by atoms with E-state index in [0.717, 1.165) is 31.2 Å². The molecule has 1 heterocycles. The molecule has 0 bridgehead atoms. The topological polar surface area (TPSA) is 84.9 Å². The first-order valence-corrected chi connectivity index (χ1v) is 11.3. The number of ether oxygens (including phenoxy) is 2. The highest BCUT2D eigenvalue weighted by Crippen LogP contribution is 2.38. The molecule has 0 aliphatic carbocycles. The van der Waals surface area contributed by atoms with Gasteiger partial charge in [0.25, 0.3) is 5.91 Å². The summed E-state index contributed by atoms with van der Waals surface area (Å²) in [5, 5.41) is 2.88. The molecule has 0 spiro atoms. The molecule has 172 valence electrons. The van der Waals surface area contributed by atoms with Crippen molar-refractivity contribution >= 4 is 17.8 Å². The molecule has 0 aromatic heterocycles. The van der Waals surface area contributed by atoms with Crippen molar-refractivity contribution in [3.63, 3.8) is 0 Å². The van der Waals surface area contributed by atoms with Gasteiger partial charge in [-0.25, -0.2) is 0 Å². The van der Waals surface area contributed by atoms with Crippen molar-refractivity contribution in [2.75, 3.05) is 20.3 Å². The zero-order valence-corrected chi connectivity index (χ0v) is 19.2. The summed E-state index contributed by atoms with van der Waals surface area (Å²) in [6, 6.07) is 7.11. The molecule has 7 nitrogen and oxygen atoms in total. The minimum atomic E-state index is -0.510. The second-order valence-electron chi connectivity index (χ2n) is 7.99. The number of hydrogen-bond donors (Lipinski definition) is 1. The molecule has 31 heavy (non-hydrogen) atoms. The summed E-state index contributed by atoms with van der Waals surface area (Å²) in [4.78, 5) is 39.7. The summed E-state index contributed by atoms with van der Waals surface area (Å²) in [6.45, 7) is 6.36. The number of carbonyl (C=O) groups excluding carboxylic acids is 3. The number of likely N-dealkylation sites (tertiary alicyclic amines) is 1. The van der Waals surface area contributed by atoms with Gasteiger partial charge in [0.2, 0.25) is 5.91 Å². The van der Waals surface area contributed by atoms with Crippen LogP contribution in [0.15, 0.2) is 24.3 Å². The second kappa shape index (κ2) is 12.3.